The van der Waals surface area contributed by atoms with E-state index >= 15 is 0 Å². The SMILES string of the molecule is CCC(Br)CCCC(CC)O[PH](=O)C(Br)CCCCBr. The quantitative estimate of drug-likeness (QED) is 0.157. The highest BCUT2D eigenvalue weighted by Gasteiger charge is 2.18. The summed E-state index contributed by atoms with van der Waals surface area (Å²) in [5.74, 6) is 0. The van der Waals surface area contributed by atoms with Gasteiger partial charge in [-0.2, -0.15) is 0 Å². The minimum atomic E-state index is -1.97. The van der Waals surface area contributed by atoms with Crippen LogP contribution in [-0.4, -0.2) is 20.8 Å². The van der Waals surface area contributed by atoms with E-state index in [1.807, 2.05) is 0 Å². The highest BCUT2D eigenvalue weighted by molar-refractivity contribution is 9.10. The molecule has 0 heterocycles. The first-order valence-corrected chi connectivity index (χ1v) is 11.9. The van der Waals surface area contributed by atoms with E-state index < -0.39 is 8.03 Å². The van der Waals surface area contributed by atoms with Crippen LogP contribution in [0.15, 0.2) is 0 Å². The first-order chi connectivity index (χ1) is 9.54. The van der Waals surface area contributed by atoms with Crippen molar-refractivity contribution in [1.82, 2.24) is 0 Å². The Morgan fingerprint density at radius 2 is 1.70 bits per heavy atom. The van der Waals surface area contributed by atoms with Crippen molar-refractivity contribution in [2.24, 2.45) is 0 Å². The van der Waals surface area contributed by atoms with Gasteiger partial charge in [0.15, 0.2) is 0 Å². The summed E-state index contributed by atoms with van der Waals surface area (Å²) < 4.78 is 18.0. The van der Waals surface area contributed by atoms with Crippen molar-refractivity contribution < 1.29 is 9.09 Å². The van der Waals surface area contributed by atoms with Crippen LogP contribution >= 0.6 is 55.8 Å². The predicted molar refractivity (Wildman–Crippen MR) is 101 cm³/mol. The molecular formula is C14H28Br3O2P. The van der Waals surface area contributed by atoms with Crippen molar-refractivity contribution in [2.75, 3.05) is 5.33 Å². The number of rotatable bonds is 13. The molecule has 2 nitrogen and oxygen atoms in total. The Hall–Kier alpha value is 1.63. The van der Waals surface area contributed by atoms with Crippen LogP contribution in [-0.2, 0) is 9.09 Å². The maximum atomic E-state index is 12.2. The van der Waals surface area contributed by atoms with Gasteiger partial charge in [0.05, 0.1) is 10.7 Å². The lowest BCUT2D eigenvalue weighted by Crippen LogP contribution is -2.10. The Balaban J connectivity index is 3.92. The van der Waals surface area contributed by atoms with Crippen molar-refractivity contribution in [3.8, 4) is 0 Å². The molecule has 122 valence electrons. The van der Waals surface area contributed by atoms with Gasteiger partial charge < -0.3 is 4.52 Å². The minimum absolute atomic E-state index is 0.0279. The zero-order valence-corrected chi connectivity index (χ0v) is 18.3. The lowest BCUT2D eigenvalue weighted by molar-refractivity contribution is 0.194. The van der Waals surface area contributed by atoms with Crippen LogP contribution in [0.25, 0.3) is 0 Å². The molecule has 0 rings (SSSR count). The lowest BCUT2D eigenvalue weighted by Gasteiger charge is -2.18. The first kappa shape index (κ1) is 21.6. The van der Waals surface area contributed by atoms with Crippen molar-refractivity contribution in [2.45, 2.75) is 80.7 Å². The van der Waals surface area contributed by atoms with Gasteiger partial charge in [0, 0.05) is 10.2 Å². The van der Waals surface area contributed by atoms with E-state index in [-0.39, 0.29) is 10.7 Å². The molecule has 20 heavy (non-hydrogen) atoms. The average Bonchev–Trinajstić information content (AvgIpc) is 2.45. The molecule has 0 saturated carbocycles. The second-order valence-corrected chi connectivity index (χ2v) is 10.7. The molecule has 0 radical (unpaired) electrons. The largest absolute Gasteiger partial charge is 0.326 e. The van der Waals surface area contributed by atoms with Gasteiger partial charge in [-0.3, -0.25) is 4.57 Å². The van der Waals surface area contributed by atoms with Crippen molar-refractivity contribution in [3.05, 3.63) is 0 Å². The molecule has 4 atom stereocenters. The third-order valence-corrected chi connectivity index (χ3v) is 7.93. The Kier molecular flexibility index (Phi) is 15.4. The average molecular weight is 499 g/mol. The smallest absolute Gasteiger partial charge is 0.205 e. The monoisotopic (exact) mass is 496 g/mol. The molecule has 0 bridgehead atoms. The predicted octanol–water partition coefficient (Wildman–Crippen LogP) is 6.89. The molecule has 4 unspecified atom stereocenters. The molecule has 6 heteroatoms. The second kappa shape index (κ2) is 14.2. The Bertz CT molecular complexity index is 255. The number of hydrogen-bond acceptors (Lipinski definition) is 2. The van der Waals surface area contributed by atoms with Crippen LogP contribution in [0.1, 0.15) is 65.2 Å². The molecule has 0 aromatic heterocycles. The van der Waals surface area contributed by atoms with Crippen LogP contribution in [0.3, 0.4) is 0 Å². The van der Waals surface area contributed by atoms with Gasteiger partial charge in [-0.05, 0) is 44.9 Å². The molecule has 0 fully saturated rings. The molecule has 0 aromatic rings. The van der Waals surface area contributed by atoms with E-state index in [1.54, 1.807) is 0 Å². The van der Waals surface area contributed by atoms with Gasteiger partial charge in [0.2, 0.25) is 8.03 Å². The topological polar surface area (TPSA) is 26.3 Å². The third kappa shape index (κ3) is 11.2. The first-order valence-electron chi connectivity index (χ1n) is 7.59. The van der Waals surface area contributed by atoms with E-state index in [0.29, 0.717) is 4.83 Å². The summed E-state index contributed by atoms with van der Waals surface area (Å²) in [7, 11) is -1.97. The van der Waals surface area contributed by atoms with E-state index in [4.69, 9.17) is 4.52 Å². The summed E-state index contributed by atoms with van der Waals surface area (Å²) >= 11 is 10.6. The van der Waals surface area contributed by atoms with Crippen molar-refractivity contribution in [3.63, 3.8) is 0 Å². The highest BCUT2D eigenvalue weighted by Crippen LogP contribution is 2.39. The van der Waals surface area contributed by atoms with Gasteiger partial charge in [0.25, 0.3) is 0 Å². The Morgan fingerprint density at radius 3 is 2.25 bits per heavy atom. The minimum Gasteiger partial charge on any atom is -0.326 e. The van der Waals surface area contributed by atoms with E-state index in [0.717, 1.165) is 50.3 Å². The number of hydrogen-bond donors (Lipinski definition) is 0. The van der Waals surface area contributed by atoms with Crippen LogP contribution in [0.4, 0.5) is 0 Å². The normalized spacial score (nSPS) is 17.6. The number of unbranched alkanes of at least 4 members (excludes halogenated alkanes) is 1. The van der Waals surface area contributed by atoms with Crippen molar-refractivity contribution >= 4 is 55.8 Å². The molecular weight excluding hydrogens is 471 g/mol. The number of halogens is 3. The molecule has 0 N–H and O–H groups in total. The maximum Gasteiger partial charge on any atom is 0.205 e. The summed E-state index contributed by atoms with van der Waals surface area (Å²) in [4.78, 5) is 0.602. The fourth-order valence-corrected chi connectivity index (χ4v) is 4.46. The molecule has 0 saturated heterocycles. The maximum absolute atomic E-state index is 12.2. The van der Waals surface area contributed by atoms with Gasteiger partial charge in [0.1, 0.15) is 0 Å². The summed E-state index contributed by atoms with van der Waals surface area (Å²) in [6.45, 7) is 4.30. The molecule has 0 aliphatic heterocycles. The molecule has 0 amide bonds. The van der Waals surface area contributed by atoms with Gasteiger partial charge >= 0.3 is 0 Å². The van der Waals surface area contributed by atoms with Crippen LogP contribution in [0, 0.1) is 0 Å². The second-order valence-electron chi connectivity index (χ2n) is 5.06. The van der Waals surface area contributed by atoms with Crippen LogP contribution in [0.5, 0.6) is 0 Å². The fourth-order valence-electron chi connectivity index (χ4n) is 1.89. The Morgan fingerprint density at radius 1 is 1.00 bits per heavy atom. The Labute approximate surface area is 150 Å². The standard InChI is InChI=1S/C14H28Br3O2P/c1-3-12(16)8-7-9-13(4-2)19-20(18)14(17)10-5-6-11-15/h12-14,20H,3-11H2,1-2H3. The molecule has 0 aliphatic carbocycles. The van der Waals surface area contributed by atoms with Crippen LogP contribution < -0.4 is 0 Å². The summed E-state index contributed by atoms with van der Waals surface area (Å²) in [5.41, 5.74) is 0. The zero-order valence-electron chi connectivity index (χ0n) is 12.5. The third-order valence-electron chi connectivity index (χ3n) is 3.32. The van der Waals surface area contributed by atoms with Crippen LogP contribution in [0.2, 0.25) is 0 Å². The summed E-state index contributed by atoms with van der Waals surface area (Å²) in [5, 5.41) is 1.01. The number of alkyl halides is 3. The molecule has 0 aliphatic rings. The van der Waals surface area contributed by atoms with Gasteiger partial charge in [-0.15, -0.1) is 0 Å². The summed E-state index contributed by atoms with van der Waals surface area (Å²) in [6.07, 6.45) is 8.69. The van der Waals surface area contributed by atoms with Gasteiger partial charge in [-0.25, -0.2) is 0 Å². The molecule has 0 aromatic carbocycles. The summed E-state index contributed by atoms with van der Waals surface area (Å²) in [6, 6.07) is 0. The lowest BCUT2D eigenvalue weighted by atomic mass is 10.1. The van der Waals surface area contributed by atoms with E-state index in [1.165, 1.54) is 6.42 Å². The zero-order chi connectivity index (χ0) is 15.4. The fraction of sp³-hybridized carbons (Fsp3) is 1.00. The van der Waals surface area contributed by atoms with E-state index in [9.17, 15) is 4.57 Å². The van der Waals surface area contributed by atoms with Crippen molar-refractivity contribution in [1.29, 1.82) is 0 Å². The molecule has 0 spiro atoms. The van der Waals surface area contributed by atoms with E-state index in [2.05, 4.69) is 61.6 Å². The highest BCUT2D eigenvalue weighted by atomic mass is 79.9. The van der Waals surface area contributed by atoms with Gasteiger partial charge in [-0.1, -0.05) is 68.1 Å².